The summed E-state index contributed by atoms with van der Waals surface area (Å²) in [6, 6.07) is 12.5. The smallest absolute Gasteiger partial charge is 0.134 e. The zero-order chi connectivity index (χ0) is 15.9. The number of nitrogens with one attached hydrogen (secondary N) is 1. The predicted octanol–water partition coefficient (Wildman–Crippen LogP) is 3.09. The minimum atomic E-state index is 0.306. The van der Waals surface area contributed by atoms with Crippen molar-refractivity contribution >= 4 is 11.6 Å². The maximum absolute atomic E-state index is 5.64. The van der Waals surface area contributed by atoms with Crippen molar-refractivity contribution in [3.05, 3.63) is 48.3 Å². The van der Waals surface area contributed by atoms with E-state index in [-0.39, 0.29) is 0 Å². The highest BCUT2D eigenvalue weighted by molar-refractivity contribution is 5.48. The van der Waals surface area contributed by atoms with Crippen LogP contribution in [-0.2, 0) is 11.3 Å². The Balaban J connectivity index is 1.64. The fourth-order valence-corrected chi connectivity index (χ4v) is 2.80. The summed E-state index contributed by atoms with van der Waals surface area (Å²) >= 11 is 0. The molecule has 1 fully saturated rings. The third-order valence-corrected chi connectivity index (χ3v) is 4.11. The molecule has 5 heteroatoms. The molecule has 0 spiro atoms. The Morgan fingerprint density at radius 3 is 2.87 bits per heavy atom. The van der Waals surface area contributed by atoms with E-state index in [1.807, 2.05) is 12.1 Å². The van der Waals surface area contributed by atoms with Gasteiger partial charge in [-0.05, 0) is 25.3 Å². The fourth-order valence-electron chi connectivity index (χ4n) is 2.80. The highest BCUT2D eigenvalue weighted by atomic mass is 16.5. The standard InChI is InChI=1S/C18H24N4O/c1-2-22(13-15-7-4-3-5-8-15)18-11-17(20-14-21-18)19-12-16-9-6-10-23-16/h3-5,7-8,11,14,16H,2,6,9-10,12-13H2,1H3,(H,19,20,21). The molecular weight excluding hydrogens is 288 g/mol. The first-order valence-electron chi connectivity index (χ1n) is 8.31. The third-order valence-electron chi connectivity index (χ3n) is 4.11. The van der Waals surface area contributed by atoms with Crippen molar-refractivity contribution in [1.82, 2.24) is 9.97 Å². The summed E-state index contributed by atoms with van der Waals surface area (Å²) in [4.78, 5) is 11.0. The number of rotatable bonds is 7. The highest BCUT2D eigenvalue weighted by Gasteiger charge is 2.15. The molecule has 1 saturated heterocycles. The molecule has 1 aliphatic rings. The van der Waals surface area contributed by atoms with E-state index < -0.39 is 0 Å². The Morgan fingerprint density at radius 1 is 1.26 bits per heavy atom. The molecule has 0 radical (unpaired) electrons. The van der Waals surface area contributed by atoms with Crippen molar-refractivity contribution in [2.75, 3.05) is 29.9 Å². The highest BCUT2D eigenvalue weighted by Crippen LogP contribution is 2.18. The van der Waals surface area contributed by atoms with Gasteiger partial charge in [-0.3, -0.25) is 0 Å². The molecule has 1 aromatic heterocycles. The average molecular weight is 312 g/mol. The van der Waals surface area contributed by atoms with Gasteiger partial charge in [-0.2, -0.15) is 0 Å². The van der Waals surface area contributed by atoms with Gasteiger partial charge in [0, 0.05) is 32.3 Å². The molecule has 1 N–H and O–H groups in total. The summed E-state index contributed by atoms with van der Waals surface area (Å²) in [6.45, 7) is 5.57. The lowest BCUT2D eigenvalue weighted by Gasteiger charge is -2.22. The van der Waals surface area contributed by atoms with Crippen LogP contribution in [0.25, 0.3) is 0 Å². The van der Waals surface area contributed by atoms with Crippen molar-refractivity contribution in [3.63, 3.8) is 0 Å². The van der Waals surface area contributed by atoms with Gasteiger partial charge in [0.1, 0.15) is 18.0 Å². The summed E-state index contributed by atoms with van der Waals surface area (Å²) in [6.07, 6.45) is 4.21. The second-order valence-corrected chi connectivity index (χ2v) is 5.78. The van der Waals surface area contributed by atoms with Gasteiger partial charge >= 0.3 is 0 Å². The average Bonchev–Trinajstić information content (AvgIpc) is 3.12. The topological polar surface area (TPSA) is 50.3 Å². The van der Waals surface area contributed by atoms with Crippen molar-refractivity contribution in [3.8, 4) is 0 Å². The quantitative estimate of drug-likeness (QED) is 0.851. The maximum Gasteiger partial charge on any atom is 0.134 e. The molecule has 0 saturated carbocycles. The number of anilines is 2. The molecule has 0 amide bonds. The molecule has 0 aliphatic carbocycles. The molecule has 1 atom stereocenters. The number of nitrogens with zero attached hydrogens (tertiary/aromatic N) is 3. The van der Waals surface area contributed by atoms with Crippen LogP contribution in [0.3, 0.4) is 0 Å². The second-order valence-electron chi connectivity index (χ2n) is 5.78. The number of ether oxygens (including phenoxy) is 1. The first-order valence-corrected chi connectivity index (χ1v) is 8.31. The molecule has 1 aromatic carbocycles. The van der Waals surface area contributed by atoms with E-state index in [0.717, 1.165) is 50.7 Å². The molecule has 3 rings (SSSR count). The van der Waals surface area contributed by atoms with Gasteiger partial charge in [-0.25, -0.2) is 9.97 Å². The minimum absolute atomic E-state index is 0.306. The van der Waals surface area contributed by atoms with Crippen LogP contribution in [0.4, 0.5) is 11.6 Å². The van der Waals surface area contributed by atoms with E-state index in [1.54, 1.807) is 6.33 Å². The third kappa shape index (κ3) is 4.42. The fraction of sp³-hybridized carbons (Fsp3) is 0.444. The Kier molecular flexibility index (Phi) is 5.42. The summed E-state index contributed by atoms with van der Waals surface area (Å²) in [5.41, 5.74) is 1.28. The molecule has 1 unspecified atom stereocenters. The van der Waals surface area contributed by atoms with Crippen LogP contribution in [0.1, 0.15) is 25.3 Å². The molecule has 2 aromatic rings. The second kappa shape index (κ2) is 7.92. The van der Waals surface area contributed by atoms with Crippen LogP contribution in [0.5, 0.6) is 0 Å². The molecule has 23 heavy (non-hydrogen) atoms. The Labute approximate surface area is 137 Å². The van der Waals surface area contributed by atoms with Gasteiger partial charge in [0.2, 0.25) is 0 Å². The summed E-state index contributed by atoms with van der Waals surface area (Å²) < 4.78 is 5.64. The Hall–Kier alpha value is -2.14. The zero-order valence-corrected chi connectivity index (χ0v) is 13.6. The van der Waals surface area contributed by atoms with Gasteiger partial charge in [0.05, 0.1) is 6.10 Å². The van der Waals surface area contributed by atoms with Crippen LogP contribution >= 0.6 is 0 Å². The van der Waals surface area contributed by atoms with Crippen LogP contribution in [0.15, 0.2) is 42.7 Å². The van der Waals surface area contributed by atoms with Crippen molar-refractivity contribution in [1.29, 1.82) is 0 Å². The van der Waals surface area contributed by atoms with Crippen LogP contribution in [0, 0.1) is 0 Å². The molecule has 1 aliphatic heterocycles. The predicted molar refractivity (Wildman–Crippen MR) is 92.7 cm³/mol. The monoisotopic (exact) mass is 312 g/mol. The normalized spacial score (nSPS) is 17.2. The molecule has 122 valence electrons. The molecule has 5 nitrogen and oxygen atoms in total. The van der Waals surface area contributed by atoms with Crippen LogP contribution < -0.4 is 10.2 Å². The van der Waals surface area contributed by atoms with Crippen molar-refractivity contribution < 1.29 is 4.74 Å². The number of benzene rings is 1. The summed E-state index contributed by atoms with van der Waals surface area (Å²) in [7, 11) is 0. The minimum Gasteiger partial charge on any atom is -0.376 e. The molecular formula is C18H24N4O. The van der Waals surface area contributed by atoms with E-state index in [4.69, 9.17) is 4.74 Å². The van der Waals surface area contributed by atoms with Gasteiger partial charge in [0.15, 0.2) is 0 Å². The van der Waals surface area contributed by atoms with Gasteiger partial charge in [0.25, 0.3) is 0 Å². The molecule has 2 heterocycles. The Morgan fingerprint density at radius 2 is 2.13 bits per heavy atom. The van der Waals surface area contributed by atoms with Crippen LogP contribution in [0.2, 0.25) is 0 Å². The zero-order valence-electron chi connectivity index (χ0n) is 13.6. The van der Waals surface area contributed by atoms with E-state index in [9.17, 15) is 0 Å². The number of hydrogen-bond donors (Lipinski definition) is 1. The lowest BCUT2D eigenvalue weighted by atomic mass is 10.2. The first-order chi connectivity index (χ1) is 11.3. The number of aromatic nitrogens is 2. The summed E-state index contributed by atoms with van der Waals surface area (Å²) in [5, 5.41) is 3.37. The van der Waals surface area contributed by atoms with E-state index in [1.165, 1.54) is 5.56 Å². The van der Waals surface area contributed by atoms with Crippen LogP contribution in [-0.4, -0.2) is 35.8 Å². The SMILES string of the molecule is CCN(Cc1ccccc1)c1cc(NCC2CCCO2)ncn1. The van der Waals surface area contributed by atoms with Gasteiger partial charge in [-0.15, -0.1) is 0 Å². The van der Waals surface area contributed by atoms with E-state index in [0.29, 0.717) is 6.10 Å². The maximum atomic E-state index is 5.64. The first kappa shape index (κ1) is 15.7. The van der Waals surface area contributed by atoms with E-state index in [2.05, 4.69) is 51.4 Å². The van der Waals surface area contributed by atoms with Gasteiger partial charge < -0.3 is 15.0 Å². The largest absolute Gasteiger partial charge is 0.376 e. The van der Waals surface area contributed by atoms with Gasteiger partial charge in [-0.1, -0.05) is 30.3 Å². The van der Waals surface area contributed by atoms with Crippen molar-refractivity contribution in [2.24, 2.45) is 0 Å². The van der Waals surface area contributed by atoms with Crippen molar-refractivity contribution in [2.45, 2.75) is 32.4 Å². The number of hydrogen-bond acceptors (Lipinski definition) is 5. The lowest BCUT2D eigenvalue weighted by molar-refractivity contribution is 0.120. The summed E-state index contributed by atoms with van der Waals surface area (Å²) in [5.74, 6) is 1.80. The molecule has 0 bridgehead atoms. The lowest BCUT2D eigenvalue weighted by Crippen LogP contribution is -2.24. The Bertz CT molecular complexity index is 599. The van der Waals surface area contributed by atoms with E-state index >= 15 is 0 Å².